The molecule has 1 atom stereocenters. The summed E-state index contributed by atoms with van der Waals surface area (Å²) in [6.45, 7) is 0. The zero-order valence-corrected chi connectivity index (χ0v) is 11.9. The highest BCUT2D eigenvalue weighted by molar-refractivity contribution is 9.10. The molecule has 0 aliphatic carbocycles. The molecule has 6 heteroatoms. The van der Waals surface area contributed by atoms with Crippen LogP contribution in [0, 0.1) is 17.5 Å². The summed E-state index contributed by atoms with van der Waals surface area (Å²) in [4.78, 5) is 0. The van der Waals surface area contributed by atoms with Crippen LogP contribution in [-0.4, -0.2) is 0 Å². The Morgan fingerprint density at radius 1 is 1.05 bits per heavy atom. The second kappa shape index (κ2) is 6.39. The van der Waals surface area contributed by atoms with Gasteiger partial charge in [0.2, 0.25) is 0 Å². The third-order valence-electron chi connectivity index (χ3n) is 2.91. The SMILES string of the molecule is NNC(Cc1ccc(F)c(F)c1)c1cc(F)cc(Br)c1. The molecule has 0 saturated carbocycles. The zero-order valence-electron chi connectivity index (χ0n) is 10.3. The molecule has 2 aromatic carbocycles. The fourth-order valence-electron chi connectivity index (χ4n) is 1.95. The highest BCUT2D eigenvalue weighted by atomic mass is 79.9. The zero-order chi connectivity index (χ0) is 14.7. The minimum atomic E-state index is -0.918. The largest absolute Gasteiger partial charge is 0.271 e. The van der Waals surface area contributed by atoms with Crippen molar-refractivity contribution in [2.24, 2.45) is 5.84 Å². The van der Waals surface area contributed by atoms with Crippen molar-refractivity contribution in [1.29, 1.82) is 0 Å². The molecule has 0 radical (unpaired) electrons. The average molecular weight is 345 g/mol. The number of nitrogens with two attached hydrogens (primary N) is 1. The molecule has 0 aliphatic heterocycles. The number of hydrazine groups is 1. The first-order chi connectivity index (χ1) is 9.49. The van der Waals surface area contributed by atoms with E-state index in [9.17, 15) is 13.2 Å². The number of rotatable bonds is 4. The molecule has 0 heterocycles. The lowest BCUT2D eigenvalue weighted by Crippen LogP contribution is -2.29. The van der Waals surface area contributed by atoms with Crippen LogP contribution in [0.1, 0.15) is 17.2 Å². The fraction of sp³-hybridized carbons (Fsp3) is 0.143. The van der Waals surface area contributed by atoms with Crippen molar-refractivity contribution in [3.05, 3.63) is 69.4 Å². The Labute approximate surface area is 122 Å². The van der Waals surface area contributed by atoms with Crippen LogP contribution in [0.5, 0.6) is 0 Å². The van der Waals surface area contributed by atoms with Crippen LogP contribution in [0.25, 0.3) is 0 Å². The van der Waals surface area contributed by atoms with Gasteiger partial charge in [0.25, 0.3) is 0 Å². The van der Waals surface area contributed by atoms with Crippen molar-refractivity contribution < 1.29 is 13.2 Å². The highest BCUT2D eigenvalue weighted by Gasteiger charge is 2.14. The molecule has 2 rings (SSSR count). The molecule has 0 saturated heterocycles. The van der Waals surface area contributed by atoms with Crippen molar-refractivity contribution in [2.75, 3.05) is 0 Å². The van der Waals surface area contributed by atoms with E-state index in [-0.39, 0.29) is 0 Å². The van der Waals surface area contributed by atoms with Gasteiger partial charge >= 0.3 is 0 Å². The van der Waals surface area contributed by atoms with E-state index in [0.29, 0.717) is 22.0 Å². The Morgan fingerprint density at radius 2 is 1.80 bits per heavy atom. The van der Waals surface area contributed by atoms with E-state index in [1.807, 2.05) is 0 Å². The summed E-state index contributed by atoms with van der Waals surface area (Å²) in [6, 6.07) is 7.61. The van der Waals surface area contributed by atoms with Gasteiger partial charge in [-0.1, -0.05) is 22.0 Å². The molecule has 106 valence electrons. The first-order valence-electron chi connectivity index (χ1n) is 5.85. The van der Waals surface area contributed by atoms with E-state index < -0.39 is 23.5 Å². The number of nitrogens with one attached hydrogen (secondary N) is 1. The summed E-state index contributed by atoms with van der Waals surface area (Å²) >= 11 is 3.20. The summed E-state index contributed by atoms with van der Waals surface area (Å²) in [6.07, 6.45) is 0.309. The number of hydrogen-bond acceptors (Lipinski definition) is 2. The lowest BCUT2D eigenvalue weighted by atomic mass is 9.99. The van der Waals surface area contributed by atoms with Crippen LogP contribution < -0.4 is 11.3 Å². The molecule has 0 amide bonds. The maximum atomic E-state index is 13.4. The molecule has 0 bridgehead atoms. The van der Waals surface area contributed by atoms with Gasteiger partial charge in [0, 0.05) is 4.47 Å². The maximum absolute atomic E-state index is 13.4. The quantitative estimate of drug-likeness (QED) is 0.656. The van der Waals surface area contributed by atoms with Crippen molar-refractivity contribution in [2.45, 2.75) is 12.5 Å². The van der Waals surface area contributed by atoms with Gasteiger partial charge in [-0.25, -0.2) is 13.2 Å². The Kier molecular flexibility index (Phi) is 4.80. The second-order valence-electron chi connectivity index (χ2n) is 4.37. The van der Waals surface area contributed by atoms with Gasteiger partial charge in [-0.2, -0.15) is 0 Å². The molecule has 1 unspecified atom stereocenters. The third-order valence-corrected chi connectivity index (χ3v) is 3.37. The summed E-state index contributed by atoms with van der Waals surface area (Å²) < 4.78 is 40.0. The lowest BCUT2D eigenvalue weighted by Gasteiger charge is -2.17. The molecule has 0 aromatic heterocycles. The third kappa shape index (κ3) is 3.59. The molecular weight excluding hydrogens is 333 g/mol. The van der Waals surface area contributed by atoms with E-state index in [0.717, 1.165) is 12.1 Å². The lowest BCUT2D eigenvalue weighted by molar-refractivity contribution is 0.502. The standard InChI is InChI=1S/C14H12BrF3N2/c15-10-5-9(6-11(16)7-10)14(20-19)4-8-1-2-12(17)13(18)3-8/h1-3,5-7,14,20H,4,19H2. The Morgan fingerprint density at radius 3 is 2.40 bits per heavy atom. The molecule has 0 aliphatic rings. The van der Waals surface area contributed by atoms with E-state index >= 15 is 0 Å². The van der Waals surface area contributed by atoms with E-state index in [1.54, 1.807) is 6.07 Å². The van der Waals surface area contributed by atoms with Gasteiger partial charge in [-0.05, 0) is 47.9 Å². The molecular formula is C14H12BrF3N2. The van der Waals surface area contributed by atoms with Crippen LogP contribution in [0.2, 0.25) is 0 Å². The number of halogens is 4. The molecule has 0 fully saturated rings. The molecule has 3 N–H and O–H groups in total. The van der Waals surface area contributed by atoms with E-state index in [4.69, 9.17) is 5.84 Å². The van der Waals surface area contributed by atoms with Crippen LogP contribution in [0.4, 0.5) is 13.2 Å². The second-order valence-corrected chi connectivity index (χ2v) is 5.29. The Balaban J connectivity index is 2.26. The summed E-state index contributed by atoms with van der Waals surface area (Å²) in [5, 5.41) is 0. The highest BCUT2D eigenvalue weighted by Crippen LogP contribution is 2.23. The van der Waals surface area contributed by atoms with Crippen molar-refractivity contribution >= 4 is 15.9 Å². The Hall–Kier alpha value is -1.37. The number of benzene rings is 2. The average Bonchev–Trinajstić information content (AvgIpc) is 2.38. The van der Waals surface area contributed by atoms with Gasteiger partial charge in [0.1, 0.15) is 5.82 Å². The molecule has 0 spiro atoms. The van der Waals surface area contributed by atoms with E-state index in [1.165, 1.54) is 18.2 Å². The monoisotopic (exact) mass is 344 g/mol. The number of hydrogen-bond donors (Lipinski definition) is 2. The summed E-state index contributed by atoms with van der Waals surface area (Å²) in [5.41, 5.74) is 3.73. The Bertz CT molecular complexity index is 599. The minimum absolute atomic E-state index is 0.309. The summed E-state index contributed by atoms with van der Waals surface area (Å²) in [5.74, 6) is 3.24. The van der Waals surface area contributed by atoms with Gasteiger partial charge < -0.3 is 0 Å². The van der Waals surface area contributed by atoms with Crippen LogP contribution >= 0.6 is 15.9 Å². The van der Waals surface area contributed by atoms with E-state index in [2.05, 4.69) is 21.4 Å². The first kappa shape index (κ1) is 15.0. The van der Waals surface area contributed by atoms with Crippen molar-refractivity contribution in [1.82, 2.24) is 5.43 Å². The van der Waals surface area contributed by atoms with Gasteiger partial charge in [0.05, 0.1) is 6.04 Å². The minimum Gasteiger partial charge on any atom is -0.271 e. The van der Waals surface area contributed by atoms with Gasteiger partial charge in [0.15, 0.2) is 11.6 Å². The predicted molar refractivity (Wildman–Crippen MR) is 74.2 cm³/mol. The van der Waals surface area contributed by atoms with Crippen molar-refractivity contribution in [3.63, 3.8) is 0 Å². The van der Waals surface area contributed by atoms with Gasteiger partial charge in [-0.15, -0.1) is 0 Å². The molecule has 2 nitrogen and oxygen atoms in total. The summed E-state index contributed by atoms with van der Waals surface area (Å²) in [7, 11) is 0. The van der Waals surface area contributed by atoms with Crippen molar-refractivity contribution in [3.8, 4) is 0 Å². The van der Waals surface area contributed by atoms with Crippen LogP contribution in [0.3, 0.4) is 0 Å². The smallest absolute Gasteiger partial charge is 0.159 e. The molecule has 20 heavy (non-hydrogen) atoms. The van der Waals surface area contributed by atoms with Crippen LogP contribution in [0.15, 0.2) is 40.9 Å². The predicted octanol–water partition coefficient (Wildman–Crippen LogP) is 3.61. The normalized spacial score (nSPS) is 12.4. The first-order valence-corrected chi connectivity index (χ1v) is 6.65. The maximum Gasteiger partial charge on any atom is 0.159 e. The topological polar surface area (TPSA) is 38.0 Å². The molecule has 2 aromatic rings. The fourth-order valence-corrected chi connectivity index (χ4v) is 2.43. The van der Waals surface area contributed by atoms with Crippen LogP contribution in [-0.2, 0) is 6.42 Å². The van der Waals surface area contributed by atoms with Gasteiger partial charge in [-0.3, -0.25) is 11.3 Å².